The quantitative estimate of drug-likeness (QED) is 0.0996. The minimum Gasteiger partial charge on any atom is -0.457 e. The van der Waals surface area contributed by atoms with Crippen LogP contribution in [0.2, 0.25) is 0 Å². The standard InChI is InChI=1S/C30H46NO3/c1-4-5-6-7-8-9-10-14-20-28-21-15-16-22-29(28)33-26-34-30(32)23-17-24-31(2,3)25-27-18-12-11-13-19-27/h11-13,15-16,18-19,21-22H,4-10,14,17,20,23-26H2,1-3H3/q+1. The molecule has 0 heterocycles. The number of esters is 1. The van der Waals surface area contributed by atoms with Crippen LogP contribution in [0.15, 0.2) is 54.6 Å². The van der Waals surface area contributed by atoms with E-state index in [9.17, 15) is 4.79 Å². The number of unbranched alkanes of at least 4 members (excludes halogenated alkanes) is 7. The average Bonchev–Trinajstić information content (AvgIpc) is 2.82. The molecule has 0 spiro atoms. The molecule has 0 unspecified atom stereocenters. The fourth-order valence-electron chi connectivity index (χ4n) is 4.34. The SMILES string of the molecule is CCCCCCCCCCc1ccccc1OCOC(=O)CCC[N+](C)(C)Cc1ccccc1. The van der Waals surface area contributed by atoms with Crippen LogP contribution in [-0.2, 0) is 22.5 Å². The Bertz CT molecular complexity index is 804. The van der Waals surface area contributed by atoms with Gasteiger partial charge in [-0.05, 0) is 24.5 Å². The Kier molecular flexibility index (Phi) is 13.4. The molecule has 2 aromatic rings. The molecule has 0 fully saturated rings. The summed E-state index contributed by atoms with van der Waals surface area (Å²) in [4.78, 5) is 12.2. The van der Waals surface area contributed by atoms with E-state index >= 15 is 0 Å². The Morgan fingerprint density at radius 1 is 0.794 bits per heavy atom. The lowest BCUT2D eigenvalue weighted by Gasteiger charge is -2.29. The molecule has 0 aliphatic rings. The number of para-hydroxylation sites is 1. The summed E-state index contributed by atoms with van der Waals surface area (Å²) in [6.07, 6.45) is 12.7. The van der Waals surface area contributed by atoms with E-state index in [0.29, 0.717) is 6.42 Å². The second-order valence-corrected chi connectivity index (χ2v) is 10.0. The van der Waals surface area contributed by atoms with E-state index in [0.717, 1.165) is 36.2 Å². The Labute approximate surface area is 207 Å². The van der Waals surface area contributed by atoms with Crippen LogP contribution in [0.4, 0.5) is 0 Å². The number of quaternary nitrogens is 1. The van der Waals surface area contributed by atoms with Gasteiger partial charge >= 0.3 is 5.97 Å². The Hall–Kier alpha value is -2.33. The lowest BCUT2D eigenvalue weighted by atomic mass is 10.0. The Balaban J connectivity index is 1.61. The van der Waals surface area contributed by atoms with Crippen molar-refractivity contribution in [3.63, 3.8) is 0 Å². The van der Waals surface area contributed by atoms with Crippen LogP contribution in [0.1, 0.15) is 82.3 Å². The van der Waals surface area contributed by atoms with Crippen molar-refractivity contribution in [2.45, 2.75) is 84.1 Å². The molecule has 0 amide bonds. The number of aryl methyl sites for hydroxylation is 1. The molecule has 34 heavy (non-hydrogen) atoms. The van der Waals surface area contributed by atoms with Crippen LogP contribution in [0.5, 0.6) is 5.75 Å². The predicted molar refractivity (Wildman–Crippen MR) is 141 cm³/mol. The molecule has 0 saturated carbocycles. The number of hydrogen-bond acceptors (Lipinski definition) is 3. The van der Waals surface area contributed by atoms with Crippen molar-refractivity contribution in [3.05, 3.63) is 65.7 Å². The molecular weight excluding hydrogens is 422 g/mol. The zero-order valence-corrected chi connectivity index (χ0v) is 21.8. The molecule has 0 aromatic heterocycles. The molecular formula is C30H46NO3+. The molecule has 4 nitrogen and oxygen atoms in total. The first-order valence-corrected chi connectivity index (χ1v) is 13.2. The van der Waals surface area contributed by atoms with Crippen molar-refractivity contribution in [2.75, 3.05) is 27.4 Å². The number of hydrogen-bond donors (Lipinski definition) is 0. The van der Waals surface area contributed by atoms with E-state index in [4.69, 9.17) is 9.47 Å². The topological polar surface area (TPSA) is 35.5 Å². The third-order valence-electron chi connectivity index (χ3n) is 6.30. The second kappa shape index (κ2) is 16.3. The monoisotopic (exact) mass is 468 g/mol. The third kappa shape index (κ3) is 12.2. The van der Waals surface area contributed by atoms with Gasteiger partial charge in [0.05, 0.1) is 27.1 Å². The van der Waals surface area contributed by atoms with Crippen molar-refractivity contribution in [3.8, 4) is 5.75 Å². The van der Waals surface area contributed by atoms with Gasteiger partial charge in [0.15, 0.2) is 0 Å². The van der Waals surface area contributed by atoms with Crippen LogP contribution < -0.4 is 4.74 Å². The van der Waals surface area contributed by atoms with E-state index < -0.39 is 0 Å². The van der Waals surface area contributed by atoms with Gasteiger partial charge in [0.2, 0.25) is 6.79 Å². The van der Waals surface area contributed by atoms with Gasteiger partial charge in [-0.1, -0.05) is 100 Å². The summed E-state index contributed by atoms with van der Waals surface area (Å²) in [5.74, 6) is 0.638. The second-order valence-electron chi connectivity index (χ2n) is 10.0. The summed E-state index contributed by atoms with van der Waals surface area (Å²) in [6.45, 7) is 4.12. The molecule has 0 N–H and O–H groups in total. The fraction of sp³-hybridized carbons (Fsp3) is 0.567. The highest BCUT2D eigenvalue weighted by Crippen LogP contribution is 2.21. The molecule has 0 saturated heterocycles. The lowest BCUT2D eigenvalue weighted by molar-refractivity contribution is -0.903. The van der Waals surface area contributed by atoms with Gasteiger partial charge in [0.25, 0.3) is 0 Å². The number of ether oxygens (including phenoxy) is 2. The molecule has 2 rings (SSSR count). The van der Waals surface area contributed by atoms with Gasteiger partial charge in [-0.3, -0.25) is 4.79 Å². The highest BCUT2D eigenvalue weighted by Gasteiger charge is 2.16. The molecule has 0 radical (unpaired) electrons. The molecule has 188 valence electrons. The number of benzene rings is 2. The number of carbonyl (C=O) groups is 1. The van der Waals surface area contributed by atoms with Crippen molar-refractivity contribution in [1.82, 2.24) is 0 Å². The summed E-state index contributed by atoms with van der Waals surface area (Å²) in [6, 6.07) is 18.6. The van der Waals surface area contributed by atoms with E-state index in [2.05, 4.69) is 51.4 Å². The first kappa shape index (κ1) is 27.9. The number of carbonyl (C=O) groups excluding carboxylic acids is 1. The van der Waals surface area contributed by atoms with E-state index in [-0.39, 0.29) is 12.8 Å². The molecule has 2 aromatic carbocycles. The highest BCUT2D eigenvalue weighted by molar-refractivity contribution is 5.69. The molecule has 4 heteroatoms. The maximum absolute atomic E-state index is 12.2. The van der Waals surface area contributed by atoms with Crippen LogP contribution in [0.25, 0.3) is 0 Å². The van der Waals surface area contributed by atoms with Gasteiger partial charge < -0.3 is 14.0 Å². The van der Waals surface area contributed by atoms with Gasteiger partial charge in [0, 0.05) is 12.0 Å². The van der Waals surface area contributed by atoms with Gasteiger partial charge in [-0.25, -0.2) is 0 Å². The van der Waals surface area contributed by atoms with E-state index in [1.54, 1.807) is 0 Å². The summed E-state index contributed by atoms with van der Waals surface area (Å²) in [5.41, 5.74) is 2.51. The van der Waals surface area contributed by atoms with Crippen molar-refractivity contribution in [1.29, 1.82) is 0 Å². The summed E-state index contributed by atoms with van der Waals surface area (Å²) in [7, 11) is 4.40. The van der Waals surface area contributed by atoms with Crippen LogP contribution in [-0.4, -0.2) is 37.9 Å². The summed E-state index contributed by atoms with van der Waals surface area (Å²) < 4.78 is 12.0. The number of nitrogens with zero attached hydrogens (tertiary/aromatic N) is 1. The highest BCUT2D eigenvalue weighted by atomic mass is 16.7. The van der Waals surface area contributed by atoms with Crippen molar-refractivity contribution in [2.24, 2.45) is 0 Å². The van der Waals surface area contributed by atoms with E-state index in [1.807, 2.05) is 24.3 Å². The lowest BCUT2D eigenvalue weighted by Crippen LogP contribution is -2.39. The van der Waals surface area contributed by atoms with Crippen LogP contribution >= 0.6 is 0 Å². The maximum atomic E-state index is 12.2. The van der Waals surface area contributed by atoms with Gasteiger partial charge in [-0.2, -0.15) is 0 Å². The zero-order chi connectivity index (χ0) is 24.5. The van der Waals surface area contributed by atoms with Crippen LogP contribution in [0, 0.1) is 0 Å². The number of rotatable bonds is 18. The predicted octanol–water partition coefficient (Wildman–Crippen LogP) is 7.31. The molecule has 0 aliphatic carbocycles. The normalized spacial score (nSPS) is 11.4. The van der Waals surface area contributed by atoms with Gasteiger partial charge in [0.1, 0.15) is 12.3 Å². The Morgan fingerprint density at radius 3 is 2.18 bits per heavy atom. The maximum Gasteiger partial charge on any atom is 0.308 e. The van der Waals surface area contributed by atoms with Crippen molar-refractivity contribution >= 4 is 5.97 Å². The Morgan fingerprint density at radius 2 is 1.44 bits per heavy atom. The first-order valence-electron chi connectivity index (χ1n) is 13.2. The molecule has 0 atom stereocenters. The largest absolute Gasteiger partial charge is 0.457 e. The fourth-order valence-corrected chi connectivity index (χ4v) is 4.34. The average molecular weight is 469 g/mol. The third-order valence-corrected chi connectivity index (χ3v) is 6.30. The minimum atomic E-state index is -0.194. The van der Waals surface area contributed by atoms with E-state index in [1.165, 1.54) is 62.5 Å². The van der Waals surface area contributed by atoms with Gasteiger partial charge in [-0.15, -0.1) is 0 Å². The minimum absolute atomic E-state index is 0.0183. The molecule has 0 bridgehead atoms. The van der Waals surface area contributed by atoms with Crippen molar-refractivity contribution < 1.29 is 18.8 Å². The summed E-state index contributed by atoms with van der Waals surface area (Å²) in [5, 5.41) is 0. The smallest absolute Gasteiger partial charge is 0.308 e. The van der Waals surface area contributed by atoms with Crippen LogP contribution in [0.3, 0.4) is 0 Å². The molecule has 0 aliphatic heterocycles. The first-order chi connectivity index (χ1) is 16.5. The zero-order valence-electron chi connectivity index (χ0n) is 21.8. The summed E-state index contributed by atoms with van der Waals surface area (Å²) >= 11 is 0.